The molecule has 2 aromatic heterocycles. The molecule has 2 heterocycles. The van der Waals surface area contributed by atoms with Crippen LogP contribution in [0.3, 0.4) is 0 Å². The summed E-state index contributed by atoms with van der Waals surface area (Å²) < 4.78 is 1.29. The summed E-state index contributed by atoms with van der Waals surface area (Å²) in [5.74, 6) is 0.621. The number of aromatic nitrogens is 4. The number of nitrogens with zero attached hydrogens (tertiary/aromatic N) is 4. The lowest BCUT2D eigenvalue weighted by atomic mass is 10.1. The second-order valence-electron chi connectivity index (χ2n) is 7.14. The summed E-state index contributed by atoms with van der Waals surface area (Å²) in [6.45, 7) is 5.86. The topological polar surface area (TPSA) is 83.4 Å². The maximum atomic E-state index is 13.3. The molecule has 0 aliphatic carbocycles. The predicted octanol–water partition coefficient (Wildman–Crippen LogP) is 3.19. The third-order valence-corrected chi connectivity index (χ3v) is 4.64. The molecule has 0 radical (unpaired) electrons. The number of hydrogen-bond donors (Lipinski definition) is 1. The van der Waals surface area contributed by atoms with E-state index in [1.807, 2.05) is 56.3 Å². The molecule has 29 heavy (non-hydrogen) atoms. The molecule has 4 rings (SSSR count). The first-order valence-electron chi connectivity index (χ1n) is 9.31. The van der Waals surface area contributed by atoms with Gasteiger partial charge in [-0.1, -0.05) is 29.8 Å². The molecule has 1 amide bonds. The van der Waals surface area contributed by atoms with Gasteiger partial charge in [0.1, 0.15) is 5.82 Å². The van der Waals surface area contributed by atoms with Crippen molar-refractivity contribution in [3.8, 4) is 0 Å². The maximum absolute atomic E-state index is 13.3. The Bertz CT molecular complexity index is 1270. The molecule has 0 atom stereocenters. The highest BCUT2D eigenvalue weighted by molar-refractivity contribution is 6.06. The van der Waals surface area contributed by atoms with Gasteiger partial charge >= 0.3 is 0 Å². The average molecular weight is 387 g/mol. The second-order valence-corrected chi connectivity index (χ2v) is 7.14. The SMILES string of the molecule is Cc1cccc(C(=O)N(Cc2nc3nc(C)cc(=O)n3[nH]2)c2cccc(C)c2)c1. The minimum Gasteiger partial charge on any atom is -0.301 e. The van der Waals surface area contributed by atoms with Crippen molar-refractivity contribution in [1.82, 2.24) is 19.6 Å². The van der Waals surface area contributed by atoms with Gasteiger partial charge < -0.3 is 4.90 Å². The molecule has 146 valence electrons. The summed E-state index contributed by atoms with van der Waals surface area (Å²) in [5.41, 5.74) is 3.76. The number of carbonyl (C=O) groups is 1. The van der Waals surface area contributed by atoms with Crippen LogP contribution in [0, 0.1) is 20.8 Å². The van der Waals surface area contributed by atoms with Crippen molar-refractivity contribution >= 4 is 17.4 Å². The van der Waals surface area contributed by atoms with Gasteiger partial charge in [-0.2, -0.15) is 9.50 Å². The quantitative estimate of drug-likeness (QED) is 0.583. The molecule has 0 spiro atoms. The Kier molecular flexibility index (Phi) is 4.72. The molecule has 0 saturated carbocycles. The van der Waals surface area contributed by atoms with Crippen molar-refractivity contribution < 1.29 is 4.79 Å². The number of H-pyrrole nitrogens is 1. The first kappa shape index (κ1) is 18.6. The summed E-state index contributed by atoms with van der Waals surface area (Å²) in [6.07, 6.45) is 0. The van der Waals surface area contributed by atoms with Crippen LogP contribution in [-0.2, 0) is 6.54 Å². The molecule has 4 aromatic rings. The Morgan fingerprint density at radius 2 is 1.72 bits per heavy atom. The summed E-state index contributed by atoms with van der Waals surface area (Å²) in [5, 5.41) is 2.96. The smallest absolute Gasteiger partial charge is 0.274 e. The fraction of sp³-hybridized carbons (Fsp3) is 0.182. The van der Waals surface area contributed by atoms with Crippen LogP contribution >= 0.6 is 0 Å². The Labute approximate surface area is 167 Å². The minimum absolute atomic E-state index is 0.142. The van der Waals surface area contributed by atoms with Crippen LogP contribution < -0.4 is 10.5 Å². The van der Waals surface area contributed by atoms with Crippen LogP contribution in [0.5, 0.6) is 0 Å². The summed E-state index contributed by atoms with van der Waals surface area (Å²) in [4.78, 5) is 35.9. The van der Waals surface area contributed by atoms with Crippen molar-refractivity contribution in [2.75, 3.05) is 4.90 Å². The minimum atomic E-state index is -0.238. The molecule has 0 bridgehead atoms. The molecule has 7 nitrogen and oxygen atoms in total. The summed E-state index contributed by atoms with van der Waals surface area (Å²) in [7, 11) is 0. The summed E-state index contributed by atoms with van der Waals surface area (Å²) in [6, 6.07) is 16.6. The van der Waals surface area contributed by atoms with E-state index in [0.29, 0.717) is 17.1 Å². The number of nitrogens with one attached hydrogen (secondary N) is 1. The zero-order valence-corrected chi connectivity index (χ0v) is 16.5. The number of amides is 1. The number of carbonyl (C=O) groups excluding carboxylic acids is 1. The number of rotatable bonds is 4. The van der Waals surface area contributed by atoms with Gasteiger partial charge in [-0.25, -0.2) is 4.98 Å². The first-order valence-corrected chi connectivity index (χ1v) is 9.31. The Morgan fingerprint density at radius 1 is 1.00 bits per heavy atom. The Balaban J connectivity index is 1.77. The Morgan fingerprint density at radius 3 is 2.45 bits per heavy atom. The number of aryl methyl sites for hydroxylation is 3. The van der Waals surface area contributed by atoms with Gasteiger partial charge in [-0.3, -0.25) is 14.7 Å². The lowest BCUT2D eigenvalue weighted by Gasteiger charge is -2.22. The van der Waals surface area contributed by atoms with Crippen LogP contribution in [0.2, 0.25) is 0 Å². The van der Waals surface area contributed by atoms with Gasteiger partial charge in [0.05, 0.1) is 6.54 Å². The third-order valence-electron chi connectivity index (χ3n) is 4.64. The Hall–Kier alpha value is -3.74. The highest BCUT2D eigenvalue weighted by Crippen LogP contribution is 2.21. The molecule has 0 aliphatic rings. The van der Waals surface area contributed by atoms with Crippen LogP contribution in [0.4, 0.5) is 5.69 Å². The van der Waals surface area contributed by atoms with Gasteiger partial charge in [-0.05, 0) is 50.6 Å². The fourth-order valence-electron chi connectivity index (χ4n) is 3.27. The molecule has 7 heteroatoms. The predicted molar refractivity (Wildman–Crippen MR) is 111 cm³/mol. The molecule has 1 N–H and O–H groups in total. The van der Waals surface area contributed by atoms with Gasteiger partial charge in [0.25, 0.3) is 17.2 Å². The first-order chi connectivity index (χ1) is 13.9. The monoisotopic (exact) mass is 387 g/mol. The standard InChI is InChI=1S/C22H21N5O2/c1-14-6-4-8-17(10-14)21(29)26(18-9-5-7-15(2)11-18)13-19-24-22-23-16(3)12-20(28)27(22)25-19/h4-12H,13H2,1-3H3,(H,23,24,25). The number of benzene rings is 2. The van der Waals surface area contributed by atoms with E-state index in [1.165, 1.54) is 10.6 Å². The molecular weight excluding hydrogens is 366 g/mol. The highest BCUT2D eigenvalue weighted by Gasteiger charge is 2.20. The van der Waals surface area contributed by atoms with Crippen LogP contribution in [-0.4, -0.2) is 25.5 Å². The third kappa shape index (κ3) is 3.80. The molecule has 0 aliphatic heterocycles. The van der Waals surface area contributed by atoms with Crippen molar-refractivity contribution in [2.24, 2.45) is 0 Å². The van der Waals surface area contributed by atoms with Crippen molar-refractivity contribution in [1.29, 1.82) is 0 Å². The number of fused-ring (bicyclic) bond motifs is 1. The fourth-order valence-corrected chi connectivity index (χ4v) is 3.27. The van der Waals surface area contributed by atoms with E-state index in [9.17, 15) is 9.59 Å². The number of aromatic amines is 1. The van der Waals surface area contributed by atoms with E-state index in [0.717, 1.165) is 16.8 Å². The number of hydrogen-bond acceptors (Lipinski definition) is 4. The van der Waals surface area contributed by atoms with Crippen molar-refractivity contribution in [3.63, 3.8) is 0 Å². The van der Waals surface area contributed by atoms with E-state index in [2.05, 4.69) is 15.1 Å². The lowest BCUT2D eigenvalue weighted by Crippen LogP contribution is -2.31. The van der Waals surface area contributed by atoms with Gasteiger partial charge in [-0.15, -0.1) is 0 Å². The second kappa shape index (κ2) is 7.35. The van der Waals surface area contributed by atoms with E-state index >= 15 is 0 Å². The van der Waals surface area contributed by atoms with E-state index < -0.39 is 0 Å². The molecule has 0 saturated heterocycles. The zero-order chi connectivity index (χ0) is 20.5. The van der Waals surface area contributed by atoms with E-state index in [1.54, 1.807) is 17.9 Å². The van der Waals surface area contributed by atoms with Gasteiger partial charge in [0, 0.05) is 23.0 Å². The van der Waals surface area contributed by atoms with E-state index in [4.69, 9.17) is 0 Å². The largest absolute Gasteiger partial charge is 0.301 e. The average Bonchev–Trinajstić information content (AvgIpc) is 3.08. The van der Waals surface area contributed by atoms with Gasteiger partial charge in [0.2, 0.25) is 0 Å². The van der Waals surface area contributed by atoms with Gasteiger partial charge in [0.15, 0.2) is 0 Å². The van der Waals surface area contributed by atoms with Crippen LogP contribution in [0.25, 0.3) is 5.78 Å². The molecular formula is C22H21N5O2. The lowest BCUT2D eigenvalue weighted by molar-refractivity contribution is 0.0984. The van der Waals surface area contributed by atoms with E-state index in [-0.39, 0.29) is 23.8 Å². The maximum Gasteiger partial charge on any atom is 0.274 e. The highest BCUT2D eigenvalue weighted by atomic mass is 16.2. The molecule has 2 aromatic carbocycles. The zero-order valence-electron chi connectivity index (χ0n) is 16.5. The normalized spacial score (nSPS) is 11.0. The molecule has 0 fully saturated rings. The van der Waals surface area contributed by atoms with Crippen LogP contribution in [0.1, 0.15) is 33.0 Å². The summed E-state index contributed by atoms with van der Waals surface area (Å²) >= 11 is 0. The number of anilines is 1. The van der Waals surface area contributed by atoms with Crippen molar-refractivity contribution in [3.05, 3.63) is 93.2 Å². The van der Waals surface area contributed by atoms with Crippen LogP contribution in [0.15, 0.2) is 59.4 Å². The van der Waals surface area contributed by atoms with Crippen molar-refractivity contribution in [2.45, 2.75) is 27.3 Å². The molecule has 0 unspecified atom stereocenters.